The number of carbonyl (C=O) groups is 2. The van der Waals surface area contributed by atoms with Crippen LogP contribution in [0.1, 0.15) is 38.7 Å². The number of carboxylic acids is 1. The van der Waals surface area contributed by atoms with Crippen molar-refractivity contribution in [2.75, 3.05) is 6.61 Å². The Bertz CT molecular complexity index is 491. The Morgan fingerprint density at radius 3 is 2.45 bits per heavy atom. The van der Waals surface area contributed by atoms with Gasteiger partial charge in [-0.2, -0.15) is 0 Å². The molecular formula is C18H24O4. The van der Waals surface area contributed by atoms with E-state index in [0.717, 1.165) is 5.56 Å². The zero-order valence-electron chi connectivity index (χ0n) is 13.2. The topological polar surface area (TPSA) is 63.6 Å². The van der Waals surface area contributed by atoms with Gasteiger partial charge in [-0.1, -0.05) is 50.3 Å². The average Bonchev–Trinajstić information content (AvgIpc) is 2.43. The van der Waals surface area contributed by atoms with Crippen molar-refractivity contribution in [3.63, 3.8) is 0 Å². The molecule has 0 spiro atoms. The van der Waals surface area contributed by atoms with Crippen LogP contribution in [0.4, 0.5) is 0 Å². The average molecular weight is 304 g/mol. The molecule has 0 aliphatic heterocycles. The number of carbonyl (C=O) groups excluding carboxylic acids is 1. The highest BCUT2D eigenvalue weighted by molar-refractivity contribution is 5.72. The van der Waals surface area contributed by atoms with Crippen molar-refractivity contribution < 1.29 is 19.4 Å². The third-order valence-electron chi connectivity index (χ3n) is 3.17. The van der Waals surface area contributed by atoms with Crippen molar-refractivity contribution in [1.82, 2.24) is 0 Å². The lowest BCUT2D eigenvalue weighted by Gasteiger charge is -2.15. The van der Waals surface area contributed by atoms with Gasteiger partial charge in [0.05, 0.1) is 0 Å². The van der Waals surface area contributed by atoms with Gasteiger partial charge >= 0.3 is 11.9 Å². The molecule has 1 aromatic rings. The van der Waals surface area contributed by atoms with Gasteiger partial charge in [-0.25, -0.2) is 0 Å². The van der Waals surface area contributed by atoms with Crippen molar-refractivity contribution in [2.45, 2.75) is 33.1 Å². The van der Waals surface area contributed by atoms with Crippen molar-refractivity contribution in [1.29, 1.82) is 0 Å². The van der Waals surface area contributed by atoms with E-state index in [4.69, 9.17) is 9.84 Å². The lowest BCUT2D eigenvalue weighted by atomic mass is 9.91. The van der Waals surface area contributed by atoms with Crippen LogP contribution in [0.5, 0.6) is 0 Å². The van der Waals surface area contributed by atoms with Crippen LogP contribution in [-0.4, -0.2) is 23.7 Å². The molecule has 1 unspecified atom stereocenters. The molecule has 0 saturated heterocycles. The van der Waals surface area contributed by atoms with Crippen LogP contribution in [0, 0.1) is 11.8 Å². The molecule has 0 aliphatic carbocycles. The monoisotopic (exact) mass is 304 g/mol. The molecule has 1 N–H and O–H groups in total. The van der Waals surface area contributed by atoms with E-state index in [1.807, 2.05) is 50.3 Å². The summed E-state index contributed by atoms with van der Waals surface area (Å²) < 4.78 is 5.14. The number of rotatable bonds is 9. The minimum atomic E-state index is -0.873. The quantitative estimate of drug-likeness (QED) is 0.705. The first-order chi connectivity index (χ1) is 10.5. The number of aliphatic carboxylic acids is 1. The van der Waals surface area contributed by atoms with Crippen molar-refractivity contribution in [3.8, 4) is 0 Å². The summed E-state index contributed by atoms with van der Waals surface area (Å²) in [6.07, 6.45) is 4.54. The summed E-state index contributed by atoms with van der Waals surface area (Å²) >= 11 is 0. The van der Waals surface area contributed by atoms with Crippen LogP contribution in [0.2, 0.25) is 0 Å². The van der Waals surface area contributed by atoms with E-state index in [1.165, 1.54) is 0 Å². The minimum Gasteiger partial charge on any atom is -0.481 e. The number of ether oxygens (including phenoxy) is 1. The summed E-state index contributed by atoms with van der Waals surface area (Å²) in [4.78, 5) is 22.6. The summed E-state index contributed by atoms with van der Waals surface area (Å²) in [6.45, 7) is 4.24. The van der Waals surface area contributed by atoms with Crippen LogP contribution in [-0.2, 0) is 14.3 Å². The van der Waals surface area contributed by atoms with Gasteiger partial charge in [0.2, 0.25) is 0 Å². The highest BCUT2D eigenvalue weighted by atomic mass is 16.5. The molecule has 0 amide bonds. The number of esters is 1. The predicted octanol–water partition coefficient (Wildman–Crippen LogP) is 3.77. The molecule has 1 atom stereocenters. The van der Waals surface area contributed by atoms with Gasteiger partial charge in [-0.05, 0) is 29.9 Å². The highest BCUT2D eigenvalue weighted by Crippen LogP contribution is 2.19. The fourth-order valence-corrected chi connectivity index (χ4v) is 2.34. The number of benzene rings is 1. The first kappa shape index (κ1) is 18.0. The van der Waals surface area contributed by atoms with Gasteiger partial charge in [0.25, 0.3) is 0 Å². The number of hydrogen-bond donors (Lipinski definition) is 1. The maximum Gasteiger partial charge on any atom is 0.306 e. The Morgan fingerprint density at radius 2 is 1.86 bits per heavy atom. The third-order valence-corrected chi connectivity index (χ3v) is 3.17. The second-order valence-corrected chi connectivity index (χ2v) is 5.79. The molecule has 0 bridgehead atoms. The summed E-state index contributed by atoms with van der Waals surface area (Å²) in [5, 5.41) is 8.89. The molecule has 4 heteroatoms. The van der Waals surface area contributed by atoms with Gasteiger partial charge in [0.15, 0.2) is 0 Å². The summed E-state index contributed by atoms with van der Waals surface area (Å²) in [7, 11) is 0. The number of hydrogen-bond acceptors (Lipinski definition) is 3. The van der Waals surface area contributed by atoms with E-state index < -0.39 is 5.97 Å². The zero-order chi connectivity index (χ0) is 16.4. The summed E-state index contributed by atoms with van der Waals surface area (Å²) in [5.74, 6) is -1.02. The van der Waals surface area contributed by atoms with Gasteiger partial charge in [0, 0.05) is 12.8 Å². The second kappa shape index (κ2) is 9.77. The zero-order valence-corrected chi connectivity index (χ0v) is 13.2. The Balaban J connectivity index is 2.36. The maximum atomic E-state index is 11.8. The van der Waals surface area contributed by atoms with Crippen LogP contribution >= 0.6 is 0 Å². The summed E-state index contributed by atoms with van der Waals surface area (Å²) in [5.41, 5.74) is 1.04. The molecule has 0 heterocycles. The molecule has 4 nitrogen and oxygen atoms in total. The van der Waals surface area contributed by atoms with E-state index in [0.29, 0.717) is 12.3 Å². The lowest BCUT2D eigenvalue weighted by molar-refractivity contribution is -0.144. The van der Waals surface area contributed by atoms with E-state index in [-0.39, 0.29) is 31.3 Å². The van der Waals surface area contributed by atoms with Crippen LogP contribution in [0.25, 0.3) is 6.08 Å². The number of carboxylic acid groups (broad SMARTS) is 1. The third kappa shape index (κ3) is 8.25. The van der Waals surface area contributed by atoms with Gasteiger partial charge in [-0.3, -0.25) is 9.59 Å². The van der Waals surface area contributed by atoms with Crippen molar-refractivity contribution in [2.24, 2.45) is 11.8 Å². The van der Waals surface area contributed by atoms with E-state index in [2.05, 4.69) is 0 Å². The first-order valence-corrected chi connectivity index (χ1v) is 7.56. The van der Waals surface area contributed by atoms with Crippen LogP contribution < -0.4 is 0 Å². The standard InChI is InChI=1S/C18H24O4/c1-14(2)11-16(12-17(19)20)13-18(21)22-10-6-9-15-7-4-3-5-8-15/h3-9,14,16H,10-13H2,1-2H3,(H,19,20). The molecule has 0 aromatic heterocycles. The maximum absolute atomic E-state index is 11.8. The Labute approximate surface area is 131 Å². The summed E-state index contributed by atoms with van der Waals surface area (Å²) in [6, 6.07) is 9.74. The molecule has 22 heavy (non-hydrogen) atoms. The SMILES string of the molecule is CC(C)CC(CC(=O)O)CC(=O)OCC=Cc1ccccc1. The van der Waals surface area contributed by atoms with Crippen molar-refractivity contribution in [3.05, 3.63) is 42.0 Å². The van der Waals surface area contributed by atoms with E-state index in [1.54, 1.807) is 6.08 Å². The normalized spacial score (nSPS) is 12.5. The van der Waals surface area contributed by atoms with Crippen LogP contribution in [0.15, 0.2) is 36.4 Å². The highest BCUT2D eigenvalue weighted by Gasteiger charge is 2.19. The van der Waals surface area contributed by atoms with Gasteiger partial charge in [-0.15, -0.1) is 0 Å². The van der Waals surface area contributed by atoms with Gasteiger partial charge in [0.1, 0.15) is 6.61 Å². The van der Waals surface area contributed by atoms with Gasteiger partial charge < -0.3 is 9.84 Å². The molecular weight excluding hydrogens is 280 g/mol. The molecule has 1 aromatic carbocycles. The molecule has 120 valence electrons. The molecule has 0 radical (unpaired) electrons. The Kier molecular flexibility index (Phi) is 7.97. The molecule has 0 saturated carbocycles. The molecule has 1 rings (SSSR count). The lowest BCUT2D eigenvalue weighted by Crippen LogP contribution is -2.16. The van der Waals surface area contributed by atoms with Crippen LogP contribution in [0.3, 0.4) is 0 Å². The van der Waals surface area contributed by atoms with Crippen molar-refractivity contribution >= 4 is 18.0 Å². The van der Waals surface area contributed by atoms with E-state index >= 15 is 0 Å². The minimum absolute atomic E-state index is 0.00708. The smallest absolute Gasteiger partial charge is 0.306 e. The fraction of sp³-hybridized carbons (Fsp3) is 0.444. The largest absolute Gasteiger partial charge is 0.481 e. The first-order valence-electron chi connectivity index (χ1n) is 7.56. The second-order valence-electron chi connectivity index (χ2n) is 5.79. The fourth-order valence-electron chi connectivity index (χ4n) is 2.34. The molecule has 0 fully saturated rings. The predicted molar refractivity (Wildman–Crippen MR) is 86.2 cm³/mol. The Hall–Kier alpha value is -2.10. The van der Waals surface area contributed by atoms with E-state index in [9.17, 15) is 9.59 Å². The Morgan fingerprint density at radius 1 is 1.18 bits per heavy atom. The molecule has 0 aliphatic rings.